The van der Waals surface area contributed by atoms with Crippen LogP contribution in [0.15, 0.2) is 53.1 Å². The minimum absolute atomic E-state index is 0.00442. The van der Waals surface area contributed by atoms with E-state index in [2.05, 4.69) is 29.6 Å². The smallest absolute Gasteiger partial charge is 0.289 e. The van der Waals surface area contributed by atoms with Crippen LogP contribution in [0, 0.1) is 5.92 Å². The van der Waals surface area contributed by atoms with Crippen LogP contribution < -0.4 is 5.32 Å². The molecule has 0 unspecified atom stereocenters. The van der Waals surface area contributed by atoms with Gasteiger partial charge in [0.05, 0.1) is 6.26 Å². The third-order valence-electron chi connectivity index (χ3n) is 4.92. The Morgan fingerprint density at radius 3 is 2.50 bits per heavy atom. The molecule has 138 valence electrons. The van der Waals surface area contributed by atoms with Crippen LogP contribution in [0.1, 0.15) is 41.8 Å². The minimum atomic E-state index is -0.0882. The van der Waals surface area contributed by atoms with Crippen molar-refractivity contribution < 1.29 is 14.0 Å². The third kappa shape index (κ3) is 4.97. The lowest BCUT2D eigenvalue weighted by Gasteiger charge is -2.30. The lowest BCUT2D eigenvalue weighted by Crippen LogP contribution is -2.43. The highest BCUT2D eigenvalue weighted by Crippen LogP contribution is 2.19. The van der Waals surface area contributed by atoms with Crippen molar-refractivity contribution in [2.24, 2.45) is 5.92 Å². The van der Waals surface area contributed by atoms with Crippen LogP contribution in [0.2, 0.25) is 0 Å². The summed E-state index contributed by atoms with van der Waals surface area (Å²) in [6.45, 7) is 1.93. The van der Waals surface area contributed by atoms with E-state index >= 15 is 0 Å². The normalized spacial score (nSPS) is 15.0. The fourth-order valence-corrected chi connectivity index (χ4v) is 3.36. The fourth-order valence-electron chi connectivity index (χ4n) is 3.36. The molecule has 0 aliphatic carbocycles. The first-order valence-corrected chi connectivity index (χ1v) is 9.38. The molecule has 1 aliphatic rings. The lowest BCUT2D eigenvalue weighted by molar-refractivity contribution is -0.126. The SMILES string of the molecule is O=C(NCCCCc1ccccc1)C1CCN(C(=O)c2ccco2)CC1. The van der Waals surface area contributed by atoms with Crippen LogP contribution in [-0.4, -0.2) is 36.3 Å². The Hall–Kier alpha value is -2.56. The molecule has 2 heterocycles. The molecule has 1 fully saturated rings. The largest absolute Gasteiger partial charge is 0.459 e. The number of benzene rings is 1. The molecule has 1 N–H and O–H groups in total. The van der Waals surface area contributed by atoms with Crippen LogP contribution in [-0.2, 0) is 11.2 Å². The van der Waals surface area contributed by atoms with Gasteiger partial charge in [-0.1, -0.05) is 30.3 Å². The summed E-state index contributed by atoms with van der Waals surface area (Å²) < 4.78 is 5.16. The number of nitrogens with one attached hydrogen (secondary N) is 1. The highest BCUT2D eigenvalue weighted by Gasteiger charge is 2.28. The second kappa shape index (κ2) is 9.22. The molecule has 0 bridgehead atoms. The first-order chi connectivity index (χ1) is 12.7. The van der Waals surface area contributed by atoms with Crippen molar-refractivity contribution in [2.75, 3.05) is 19.6 Å². The Morgan fingerprint density at radius 1 is 1.04 bits per heavy atom. The first-order valence-electron chi connectivity index (χ1n) is 9.38. The van der Waals surface area contributed by atoms with Gasteiger partial charge in [-0.05, 0) is 49.8 Å². The number of likely N-dealkylation sites (tertiary alicyclic amines) is 1. The molecule has 0 radical (unpaired) electrons. The molecular formula is C21H26N2O3. The molecule has 1 aromatic carbocycles. The zero-order valence-electron chi connectivity index (χ0n) is 15.0. The topological polar surface area (TPSA) is 62.6 Å². The van der Waals surface area contributed by atoms with E-state index in [1.165, 1.54) is 11.8 Å². The number of hydrogen-bond donors (Lipinski definition) is 1. The molecule has 5 nitrogen and oxygen atoms in total. The molecule has 0 spiro atoms. The predicted molar refractivity (Wildman–Crippen MR) is 99.7 cm³/mol. The number of hydrogen-bond acceptors (Lipinski definition) is 3. The van der Waals surface area contributed by atoms with E-state index < -0.39 is 0 Å². The van der Waals surface area contributed by atoms with Crippen LogP contribution in [0.3, 0.4) is 0 Å². The summed E-state index contributed by atoms with van der Waals surface area (Å²) in [4.78, 5) is 26.3. The number of carbonyl (C=O) groups is 2. The van der Waals surface area contributed by atoms with Crippen molar-refractivity contribution in [3.8, 4) is 0 Å². The molecule has 2 amide bonds. The van der Waals surface area contributed by atoms with E-state index in [0.29, 0.717) is 31.7 Å². The number of nitrogens with zero attached hydrogens (tertiary/aromatic N) is 1. The van der Waals surface area contributed by atoms with E-state index in [0.717, 1.165) is 25.8 Å². The Bertz CT molecular complexity index is 689. The average molecular weight is 354 g/mol. The molecule has 1 aromatic heterocycles. The second-order valence-corrected chi connectivity index (χ2v) is 6.78. The monoisotopic (exact) mass is 354 g/mol. The van der Waals surface area contributed by atoms with Gasteiger partial charge in [-0.15, -0.1) is 0 Å². The van der Waals surface area contributed by atoms with Crippen molar-refractivity contribution in [3.05, 3.63) is 60.1 Å². The maximum atomic E-state index is 12.3. The second-order valence-electron chi connectivity index (χ2n) is 6.78. The van der Waals surface area contributed by atoms with E-state index in [1.807, 2.05) is 6.07 Å². The van der Waals surface area contributed by atoms with Gasteiger partial charge in [-0.3, -0.25) is 9.59 Å². The molecule has 3 rings (SSSR count). The maximum Gasteiger partial charge on any atom is 0.289 e. The van der Waals surface area contributed by atoms with Crippen LogP contribution >= 0.6 is 0 Å². The highest BCUT2D eigenvalue weighted by molar-refractivity contribution is 5.91. The number of unbranched alkanes of at least 4 members (excludes halogenated alkanes) is 1. The van der Waals surface area contributed by atoms with Gasteiger partial charge < -0.3 is 14.6 Å². The number of aryl methyl sites for hydroxylation is 1. The zero-order valence-corrected chi connectivity index (χ0v) is 15.0. The van der Waals surface area contributed by atoms with Gasteiger partial charge in [0.1, 0.15) is 0 Å². The van der Waals surface area contributed by atoms with Crippen LogP contribution in [0.4, 0.5) is 0 Å². The molecule has 1 aliphatic heterocycles. The fraction of sp³-hybridized carbons (Fsp3) is 0.429. The Kier molecular flexibility index (Phi) is 6.47. The quantitative estimate of drug-likeness (QED) is 0.776. The van der Waals surface area contributed by atoms with Crippen LogP contribution in [0.25, 0.3) is 0 Å². The Morgan fingerprint density at radius 2 is 1.81 bits per heavy atom. The van der Waals surface area contributed by atoms with Crippen LogP contribution in [0.5, 0.6) is 0 Å². The first kappa shape index (κ1) is 18.2. The van der Waals surface area contributed by atoms with Crippen molar-refractivity contribution in [2.45, 2.75) is 32.1 Å². The lowest BCUT2D eigenvalue weighted by atomic mass is 9.95. The Balaban J connectivity index is 1.32. The zero-order chi connectivity index (χ0) is 18.2. The maximum absolute atomic E-state index is 12.3. The standard InChI is InChI=1S/C21H26N2O3/c24-20(22-13-5-4-9-17-7-2-1-3-8-17)18-11-14-23(15-12-18)21(25)19-10-6-16-26-19/h1-3,6-8,10,16,18H,4-5,9,11-15H2,(H,22,24). The minimum Gasteiger partial charge on any atom is -0.459 e. The molecule has 1 saturated heterocycles. The summed E-state index contributed by atoms with van der Waals surface area (Å²) in [7, 11) is 0. The molecule has 5 heteroatoms. The Labute approximate surface area is 154 Å². The van der Waals surface area contributed by atoms with E-state index in [-0.39, 0.29) is 17.7 Å². The number of carbonyl (C=O) groups excluding carboxylic acids is 2. The van der Waals surface area contributed by atoms with E-state index in [9.17, 15) is 9.59 Å². The molecular weight excluding hydrogens is 328 g/mol. The van der Waals surface area contributed by atoms with Gasteiger partial charge >= 0.3 is 0 Å². The van der Waals surface area contributed by atoms with E-state index in [4.69, 9.17) is 4.42 Å². The average Bonchev–Trinajstić information content (AvgIpc) is 3.23. The van der Waals surface area contributed by atoms with Crippen molar-refractivity contribution in [3.63, 3.8) is 0 Å². The summed E-state index contributed by atoms with van der Waals surface area (Å²) in [5.41, 5.74) is 1.34. The van der Waals surface area contributed by atoms with Gasteiger partial charge in [0, 0.05) is 25.6 Å². The van der Waals surface area contributed by atoms with E-state index in [1.54, 1.807) is 17.0 Å². The summed E-state index contributed by atoms with van der Waals surface area (Å²) >= 11 is 0. The van der Waals surface area contributed by atoms with Crippen molar-refractivity contribution >= 4 is 11.8 Å². The van der Waals surface area contributed by atoms with Gasteiger partial charge in [-0.25, -0.2) is 0 Å². The number of amides is 2. The number of furan rings is 1. The van der Waals surface area contributed by atoms with Gasteiger partial charge in [0.25, 0.3) is 5.91 Å². The van der Waals surface area contributed by atoms with Crippen molar-refractivity contribution in [1.29, 1.82) is 0 Å². The molecule has 2 aromatic rings. The highest BCUT2D eigenvalue weighted by atomic mass is 16.3. The summed E-state index contributed by atoms with van der Waals surface area (Å²) in [6.07, 6.45) is 6.02. The third-order valence-corrected chi connectivity index (χ3v) is 4.92. The van der Waals surface area contributed by atoms with Gasteiger partial charge in [0.15, 0.2) is 5.76 Å². The van der Waals surface area contributed by atoms with Gasteiger partial charge in [-0.2, -0.15) is 0 Å². The number of rotatable bonds is 7. The number of piperidine rings is 1. The predicted octanol–water partition coefficient (Wildman–Crippen LogP) is 3.27. The summed E-state index contributed by atoms with van der Waals surface area (Å²) in [6, 6.07) is 13.8. The van der Waals surface area contributed by atoms with Gasteiger partial charge in [0.2, 0.25) is 5.91 Å². The summed E-state index contributed by atoms with van der Waals surface area (Å²) in [5, 5.41) is 3.05. The molecule has 0 atom stereocenters. The summed E-state index contributed by atoms with van der Waals surface area (Å²) in [5.74, 6) is 0.403. The van der Waals surface area contributed by atoms with Crippen molar-refractivity contribution in [1.82, 2.24) is 10.2 Å². The molecule has 26 heavy (non-hydrogen) atoms. The molecule has 0 saturated carbocycles.